The predicted octanol–water partition coefficient (Wildman–Crippen LogP) is 1.57. The van der Waals surface area contributed by atoms with Crippen molar-refractivity contribution in [3.63, 3.8) is 0 Å². The minimum absolute atomic E-state index is 0.0272. The molecule has 1 fully saturated rings. The Kier molecular flexibility index (Phi) is 5.59. The fourth-order valence-electron chi connectivity index (χ4n) is 3.03. The van der Waals surface area contributed by atoms with Crippen molar-refractivity contribution in [2.75, 3.05) is 26.8 Å². The van der Waals surface area contributed by atoms with E-state index in [1.165, 1.54) is 18.4 Å². The first-order valence-corrected chi connectivity index (χ1v) is 7.48. The Morgan fingerprint density at radius 2 is 2.33 bits per heavy atom. The van der Waals surface area contributed by atoms with Crippen molar-refractivity contribution in [2.24, 2.45) is 11.7 Å². The van der Waals surface area contributed by atoms with E-state index >= 15 is 0 Å². The summed E-state index contributed by atoms with van der Waals surface area (Å²) in [5.41, 5.74) is 7.35. The van der Waals surface area contributed by atoms with E-state index in [1.54, 1.807) is 7.11 Å². The number of hydrogen-bond acceptors (Lipinski definition) is 4. The maximum absolute atomic E-state index is 9.08. The van der Waals surface area contributed by atoms with Crippen molar-refractivity contribution in [3.8, 4) is 5.75 Å². The Labute approximate surface area is 126 Å². The van der Waals surface area contributed by atoms with Crippen LogP contribution in [0.2, 0.25) is 0 Å². The molecule has 1 aromatic carbocycles. The van der Waals surface area contributed by atoms with Gasteiger partial charge in [-0.15, -0.1) is 0 Å². The molecule has 4 N–H and O–H groups in total. The van der Waals surface area contributed by atoms with Gasteiger partial charge in [0.2, 0.25) is 0 Å². The molecule has 0 spiro atoms. The molecule has 1 aliphatic rings. The SMILES string of the molecule is COc1cc(CN2CCCC(CCO)C2)ccc1C(=N)N. The number of amidine groups is 1. The molecule has 1 unspecified atom stereocenters. The summed E-state index contributed by atoms with van der Waals surface area (Å²) in [6.45, 7) is 3.28. The number of nitrogens with one attached hydrogen (secondary N) is 1. The third-order valence-electron chi connectivity index (χ3n) is 4.10. The minimum atomic E-state index is 0.0272. The number of nitrogens with zero attached hydrogens (tertiary/aromatic N) is 1. The Bertz CT molecular complexity index is 488. The molecule has 0 aromatic heterocycles. The second-order valence-corrected chi connectivity index (χ2v) is 5.70. The molecule has 5 nitrogen and oxygen atoms in total. The highest BCUT2D eigenvalue weighted by Crippen LogP contribution is 2.24. The van der Waals surface area contributed by atoms with Crippen molar-refractivity contribution >= 4 is 5.84 Å². The maximum atomic E-state index is 9.08. The zero-order valence-electron chi connectivity index (χ0n) is 12.6. The summed E-state index contributed by atoms with van der Waals surface area (Å²) >= 11 is 0. The summed E-state index contributed by atoms with van der Waals surface area (Å²) in [5.74, 6) is 1.28. The smallest absolute Gasteiger partial charge is 0.130 e. The topological polar surface area (TPSA) is 82.6 Å². The van der Waals surface area contributed by atoms with Crippen LogP contribution in [0.5, 0.6) is 5.75 Å². The van der Waals surface area contributed by atoms with Gasteiger partial charge in [0.25, 0.3) is 0 Å². The first-order chi connectivity index (χ1) is 10.1. The van der Waals surface area contributed by atoms with Crippen LogP contribution in [0.4, 0.5) is 0 Å². The molecule has 1 aromatic rings. The quantitative estimate of drug-likeness (QED) is 0.549. The van der Waals surface area contributed by atoms with Crippen LogP contribution in [0.3, 0.4) is 0 Å². The Morgan fingerprint density at radius 1 is 1.52 bits per heavy atom. The van der Waals surface area contributed by atoms with Gasteiger partial charge in [-0.25, -0.2) is 0 Å². The van der Waals surface area contributed by atoms with E-state index in [4.69, 9.17) is 21.0 Å². The van der Waals surface area contributed by atoms with Crippen LogP contribution in [0.25, 0.3) is 0 Å². The van der Waals surface area contributed by atoms with E-state index in [0.29, 0.717) is 17.2 Å². The number of nitrogens with two attached hydrogens (primary N) is 1. The summed E-state index contributed by atoms with van der Waals surface area (Å²) in [6.07, 6.45) is 3.29. The molecular formula is C16H25N3O2. The van der Waals surface area contributed by atoms with E-state index in [2.05, 4.69) is 4.90 Å². The van der Waals surface area contributed by atoms with Crippen molar-refractivity contribution in [3.05, 3.63) is 29.3 Å². The van der Waals surface area contributed by atoms with Crippen LogP contribution in [0.15, 0.2) is 18.2 Å². The highest BCUT2D eigenvalue weighted by molar-refractivity contribution is 5.97. The third-order valence-corrected chi connectivity index (χ3v) is 4.10. The lowest BCUT2D eigenvalue weighted by Gasteiger charge is -2.32. The normalized spacial score (nSPS) is 19.4. The molecule has 0 saturated carbocycles. The molecule has 2 rings (SSSR count). The largest absolute Gasteiger partial charge is 0.496 e. The van der Waals surface area contributed by atoms with Gasteiger partial charge >= 0.3 is 0 Å². The lowest BCUT2D eigenvalue weighted by atomic mass is 9.95. The van der Waals surface area contributed by atoms with Gasteiger partial charge in [0.15, 0.2) is 0 Å². The zero-order chi connectivity index (χ0) is 15.2. The molecule has 1 heterocycles. The fourth-order valence-corrected chi connectivity index (χ4v) is 3.03. The van der Waals surface area contributed by atoms with Gasteiger partial charge in [0, 0.05) is 19.7 Å². The van der Waals surface area contributed by atoms with Crippen LogP contribution in [0.1, 0.15) is 30.4 Å². The first kappa shape index (κ1) is 15.8. The molecule has 116 valence electrons. The Morgan fingerprint density at radius 3 is 3.00 bits per heavy atom. The molecule has 1 aliphatic heterocycles. The molecule has 1 saturated heterocycles. The average molecular weight is 291 g/mol. The van der Waals surface area contributed by atoms with Gasteiger partial charge < -0.3 is 15.6 Å². The Balaban J connectivity index is 2.04. The van der Waals surface area contributed by atoms with Gasteiger partial charge in [0.05, 0.1) is 12.7 Å². The first-order valence-electron chi connectivity index (χ1n) is 7.48. The summed E-state index contributed by atoms with van der Waals surface area (Å²) in [6, 6.07) is 5.83. The summed E-state index contributed by atoms with van der Waals surface area (Å²) < 4.78 is 5.32. The maximum Gasteiger partial charge on any atom is 0.130 e. The van der Waals surface area contributed by atoms with E-state index in [1.807, 2.05) is 18.2 Å². The molecule has 0 bridgehead atoms. The van der Waals surface area contributed by atoms with Crippen LogP contribution in [-0.4, -0.2) is 42.6 Å². The molecule has 5 heteroatoms. The van der Waals surface area contributed by atoms with Gasteiger partial charge in [-0.1, -0.05) is 6.07 Å². The monoisotopic (exact) mass is 291 g/mol. The number of ether oxygens (including phenoxy) is 1. The number of benzene rings is 1. The number of likely N-dealkylation sites (tertiary alicyclic amines) is 1. The second kappa shape index (κ2) is 7.43. The standard InChI is InChI=1S/C16H25N3O2/c1-21-15-9-13(4-5-14(15)16(17)18)11-19-7-2-3-12(10-19)6-8-20/h4-5,9,12,20H,2-3,6-8,10-11H2,1H3,(H3,17,18). The fraction of sp³-hybridized carbons (Fsp3) is 0.562. The molecule has 0 radical (unpaired) electrons. The average Bonchev–Trinajstić information content (AvgIpc) is 2.47. The van der Waals surface area contributed by atoms with E-state index in [9.17, 15) is 0 Å². The minimum Gasteiger partial charge on any atom is -0.496 e. The van der Waals surface area contributed by atoms with Gasteiger partial charge in [0.1, 0.15) is 11.6 Å². The molecule has 21 heavy (non-hydrogen) atoms. The van der Waals surface area contributed by atoms with Crippen LogP contribution in [0, 0.1) is 11.3 Å². The summed E-state index contributed by atoms with van der Waals surface area (Å²) in [7, 11) is 1.60. The van der Waals surface area contributed by atoms with Gasteiger partial charge in [-0.05, 0) is 49.4 Å². The number of aliphatic hydroxyl groups is 1. The van der Waals surface area contributed by atoms with E-state index in [-0.39, 0.29) is 12.4 Å². The lowest BCUT2D eigenvalue weighted by Crippen LogP contribution is -2.35. The molecule has 0 amide bonds. The lowest BCUT2D eigenvalue weighted by molar-refractivity contribution is 0.142. The van der Waals surface area contributed by atoms with Crippen LogP contribution >= 0.6 is 0 Å². The van der Waals surface area contributed by atoms with Crippen LogP contribution < -0.4 is 10.5 Å². The summed E-state index contributed by atoms with van der Waals surface area (Å²) in [4.78, 5) is 2.42. The predicted molar refractivity (Wildman–Crippen MR) is 83.7 cm³/mol. The van der Waals surface area contributed by atoms with Crippen LogP contribution in [-0.2, 0) is 6.54 Å². The third kappa shape index (κ3) is 4.19. The number of aliphatic hydroxyl groups excluding tert-OH is 1. The van der Waals surface area contributed by atoms with Crippen molar-refractivity contribution < 1.29 is 9.84 Å². The van der Waals surface area contributed by atoms with Crippen molar-refractivity contribution in [2.45, 2.75) is 25.8 Å². The van der Waals surface area contributed by atoms with Crippen molar-refractivity contribution in [1.82, 2.24) is 4.90 Å². The zero-order valence-corrected chi connectivity index (χ0v) is 12.6. The Hall–Kier alpha value is -1.59. The molecule has 1 atom stereocenters. The highest BCUT2D eigenvalue weighted by atomic mass is 16.5. The number of hydrogen-bond donors (Lipinski definition) is 3. The highest BCUT2D eigenvalue weighted by Gasteiger charge is 2.19. The molecule has 0 aliphatic carbocycles. The number of methoxy groups -OCH3 is 1. The molecular weight excluding hydrogens is 266 g/mol. The van der Waals surface area contributed by atoms with Gasteiger partial charge in [-0.3, -0.25) is 10.3 Å². The summed E-state index contributed by atoms with van der Waals surface area (Å²) in [5, 5.41) is 16.6. The number of rotatable bonds is 6. The van der Waals surface area contributed by atoms with E-state index in [0.717, 1.165) is 26.1 Å². The second-order valence-electron chi connectivity index (χ2n) is 5.70. The number of piperidine rings is 1. The number of nitrogen functional groups attached to an aromatic ring is 1. The van der Waals surface area contributed by atoms with E-state index < -0.39 is 0 Å². The van der Waals surface area contributed by atoms with Crippen molar-refractivity contribution in [1.29, 1.82) is 5.41 Å². The van der Waals surface area contributed by atoms with Gasteiger partial charge in [-0.2, -0.15) is 0 Å².